The Morgan fingerprint density at radius 1 is 1.19 bits per heavy atom. The normalized spacial score (nSPS) is 16.8. The minimum atomic E-state index is -0.109. The minimum Gasteiger partial charge on any atom is -0.469 e. The van der Waals surface area contributed by atoms with E-state index in [2.05, 4.69) is 17.1 Å². The molecular formula is C25H35N3O3. The van der Waals surface area contributed by atoms with Gasteiger partial charge in [0.05, 0.1) is 11.8 Å². The number of nitrogens with one attached hydrogen (secondary N) is 1. The number of benzene rings is 1. The molecule has 1 saturated heterocycles. The lowest BCUT2D eigenvalue weighted by molar-refractivity contribution is -0.121. The molecule has 1 aliphatic rings. The van der Waals surface area contributed by atoms with Gasteiger partial charge in [-0.1, -0.05) is 36.8 Å². The van der Waals surface area contributed by atoms with Crippen molar-refractivity contribution in [3.05, 3.63) is 59.5 Å². The molecule has 1 fully saturated rings. The Balaban J connectivity index is 1.48. The summed E-state index contributed by atoms with van der Waals surface area (Å²) in [5.74, 6) is 0.475. The fourth-order valence-electron chi connectivity index (χ4n) is 4.16. The molecule has 6 nitrogen and oxygen atoms in total. The minimum absolute atomic E-state index is 0.0125. The molecule has 31 heavy (non-hydrogen) atoms. The molecule has 0 saturated carbocycles. The molecule has 6 heteroatoms. The van der Waals surface area contributed by atoms with E-state index in [1.54, 1.807) is 17.9 Å². The Bertz CT molecular complexity index is 834. The van der Waals surface area contributed by atoms with E-state index in [9.17, 15) is 9.59 Å². The number of carbonyl (C=O) groups excluding carboxylic acids is 2. The molecule has 0 aliphatic carbocycles. The molecule has 0 bridgehead atoms. The van der Waals surface area contributed by atoms with E-state index in [0.717, 1.165) is 18.5 Å². The number of furan rings is 1. The first-order valence-corrected chi connectivity index (χ1v) is 11.4. The second-order valence-electron chi connectivity index (χ2n) is 8.44. The second-order valence-corrected chi connectivity index (χ2v) is 8.44. The Hall–Kier alpha value is -2.60. The highest BCUT2D eigenvalue weighted by molar-refractivity contribution is 5.95. The van der Waals surface area contributed by atoms with E-state index in [4.69, 9.17) is 4.42 Å². The summed E-state index contributed by atoms with van der Waals surface area (Å²) >= 11 is 0. The molecule has 1 N–H and O–H groups in total. The maximum atomic E-state index is 13.0. The molecule has 2 heterocycles. The van der Waals surface area contributed by atoms with Crippen molar-refractivity contribution >= 4 is 11.8 Å². The van der Waals surface area contributed by atoms with Crippen LogP contribution in [-0.2, 0) is 11.3 Å². The number of rotatable bonds is 10. The molecular weight excluding hydrogens is 390 g/mol. The molecule has 1 atom stereocenters. The van der Waals surface area contributed by atoms with Gasteiger partial charge >= 0.3 is 0 Å². The zero-order valence-electron chi connectivity index (χ0n) is 18.8. The highest BCUT2D eigenvalue weighted by Crippen LogP contribution is 2.17. The number of nitrogens with zero attached hydrogens (tertiary/aromatic N) is 2. The molecule has 2 amide bonds. The van der Waals surface area contributed by atoms with Gasteiger partial charge in [-0.3, -0.25) is 9.59 Å². The highest BCUT2D eigenvalue weighted by Gasteiger charge is 2.21. The van der Waals surface area contributed by atoms with E-state index in [0.29, 0.717) is 37.0 Å². The molecule has 168 valence electrons. The van der Waals surface area contributed by atoms with Crippen molar-refractivity contribution in [2.75, 3.05) is 26.2 Å². The van der Waals surface area contributed by atoms with Crippen LogP contribution in [0.1, 0.15) is 60.7 Å². The average molecular weight is 426 g/mol. The van der Waals surface area contributed by atoms with Crippen LogP contribution in [-0.4, -0.2) is 53.8 Å². The van der Waals surface area contributed by atoms with E-state index >= 15 is 0 Å². The summed E-state index contributed by atoms with van der Waals surface area (Å²) in [6.07, 6.45) is 6.64. The lowest BCUT2D eigenvalue weighted by Gasteiger charge is -2.33. The van der Waals surface area contributed by atoms with Gasteiger partial charge in [0.15, 0.2) is 0 Å². The Kier molecular flexibility index (Phi) is 8.71. The smallest absolute Gasteiger partial charge is 0.257 e. The van der Waals surface area contributed by atoms with Crippen molar-refractivity contribution in [1.82, 2.24) is 15.1 Å². The van der Waals surface area contributed by atoms with Crippen LogP contribution in [0.3, 0.4) is 0 Å². The molecule has 3 rings (SSSR count). The maximum Gasteiger partial charge on any atom is 0.257 e. The number of carbonyl (C=O) groups is 2. The average Bonchev–Trinajstić information content (AvgIpc) is 3.21. The van der Waals surface area contributed by atoms with Crippen molar-refractivity contribution < 1.29 is 14.0 Å². The van der Waals surface area contributed by atoms with Gasteiger partial charge in [0.1, 0.15) is 5.76 Å². The quantitative estimate of drug-likeness (QED) is 0.585. The zero-order chi connectivity index (χ0) is 22.1. The molecule has 1 aromatic carbocycles. The van der Waals surface area contributed by atoms with Crippen LogP contribution in [0.5, 0.6) is 0 Å². The van der Waals surface area contributed by atoms with Gasteiger partial charge < -0.3 is 19.5 Å². The first kappa shape index (κ1) is 23.1. The summed E-state index contributed by atoms with van der Waals surface area (Å²) in [6, 6.07) is 12.2. The van der Waals surface area contributed by atoms with Crippen LogP contribution in [0.2, 0.25) is 0 Å². The third-order valence-corrected chi connectivity index (χ3v) is 6.09. The first-order valence-electron chi connectivity index (χ1n) is 11.4. The highest BCUT2D eigenvalue weighted by atomic mass is 16.3. The van der Waals surface area contributed by atoms with Crippen LogP contribution >= 0.6 is 0 Å². The fourth-order valence-corrected chi connectivity index (χ4v) is 4.16. The maximum absolute atomic E-state index is 13.0. The number of amides is 2. The van der Waals surface area contributed by atoms with Gasteiger partial charge in [0, 0.05) is 38.6 Å². The van der Waals surface area contributed by atoms with Crippen molar-refractivity contribution in [3.63, 3.8) is 0 Å². The SMILES string of the molecule is Cc1occc1C(=O)N(CCC(=O)NCCCN1CCCCC1C)Cc1ccccc1. The summed E-state index contributed by atoms with van der Waals surface area (Å²) in [6.45, 7) is 7.77. The van der Waals surface area contributed by atoms with Gasteiger partial charge in [-0.2, -0.15) is 0 Å². The predicted octanol–water partition coefficient (Wildman–Crippen LogP) is 4.00. The Morgan fingerprint density at radius 2 is 2.00 bits per heavy atom. The molecule has 1 aliphatic heterocycles. The van der Waals surface area contributed by atoms with Gasteiger partial charge in [-0.25, -0.2) is 0 Å². The summed E-state index contributed by atoms with van der Waals surface area (Å²) in [7, 11) is 0. The third kappa shape index (κ3) is 6.96. The largest absolute Gasteiger partial charge is 0.469 e. The molecule has 1 aromatic heterocycles. The summed E-state index contributed by atoms with van der Waals surface area (Å²) in [5, 5.41) is 3.02. The molecule has 1 unspecified atom stereocenters. The van der Waals surface area contributed by atoms with Crippen molar-refractivity contribution in [2.45, 2.75) is 58.5 Å². The van der Waals surface area contributed by atoms with Crippen LogP contribution in [0.25, 0.3) is 0 Å². The Morgan fingerprint density at radius 3 is 2.71 bits per heavy atom. The van der Waals surface area contributed by atoms with Crippen LogP contribution in [0.15, 0.2) is 47.1 Å². The van der Waals surface area contributed by atoms with Crippen molar-refractivity contribution in [1.29, 1.82) is 0 Å². The van der Waals surface area contributed by atoms with Gasteiger partial charge in [0.25, 0.3) is 5.91 Å². The van der Waals surface area contributed by atoms with Crippen molar-refractivity contribution in [2.24, 2.45) is 0 Å². The third-order valence-electron chi connectivity index (χ3n) is 6.09. The topological polar surface area (TPSA) is 65.8 Å². The number of likely N-dealkylation sites (tertiary alicyclic amines) is 1. The number of hydrogen-bond acceptors (Lipinski definition) is 4. The number of hydrogen-bond donors (Lipinski definition) is 1. The summed E-state index contributed by atoms with van der Waals surface area (Å²) in [4.78, 5) is 29.7. The fraction of sp³-hybridized carbons (Fsp3) is 0.520. The van der Waals surface area contributed by atoms with E-state index in [1.165, 1.54) is 32.1 Å². The molecule has 0 spiro atoms. The monoisotopic (exact) mass is 425 g/mol. The van der Waals surface area contributed by atoms with Crippen LogP contribution in [0.4, 0.5) is 0 Å². The first-order chi connectivity index (χ1) is 15.0. The van der Waals surface area contributed by atoms with Gasteiger partial charge in [-0.15, -0.1) is 0 Å². The van der Waals surface area contributed by atoms with Gasteiger partial charge in [0.2, 0.25) is 5.91 Å². The summed E-state index contributed by atoms with van der Waals surface area (Å²) in [5.41, 5.74) is 1.58. The van der Waals surface area contributed by atoms with Gasteiger partial charge in [-0.05, 0) is 51.3 Å². The molecule has 0 radical (unpaired) electrons. The van der Waals surface area contributed by atoms with E-state index in [1.807, 2.05) is 30.3 Å². The van der Waals surface area contributed by atoms with Crippen LogP contribution < -0.4 is 5.32 Å². The second kappa shape index (κ2) is 11.7. The standard InChI is InChI=1S/C25H35N3O3/c1-20-9-6-7-15-27(20)16-8-14-26-24(29)12-17-28(19-22-10-4-3-5-11-22)25(30)23-13-18-31-21(23)2/h3-5,10-11,13,18,20H,6-9,12,14-17,19H2,1-2H3,(H,26,29). The molecule has 2 aromatic rings. The Labute approximate surface area is 185 Å². The van der Waals surface area contributed by atoms with Crippen LogP contribution in [0, 0.1) is 6.92 Å². The zero-order valence-corrected chi connectivity index (χ0v) is 18.8. The summed E-state index contributed by atoms with van der Waals surface area (Å²) < 4.78 is 5.30. The number of piperidine rings is 1. The van der Waals surface area contributed by atoms with Crippen molar-refractivity contribution in [3.8, 4) is 0 Å². The lowest BCUT2D eigenvalue weighted by Crippen LogP contribution is -2.39. The number of aryl methyl sites for hydroxylation is 1. The lowest BCUT2D eigenvalue weighted by atomic mass is 10.0. The van der Waals surface area contributed by atoms with E-state index in [-0.39, 0.29) is 18.2 Å². The predicted molar refractivity (Wildman–Crippen MR) is 122 cm³/mol. The van der Waals surface area contributed by atoms with E-state index < -0.39 is 0 Å².